The molecule has 1 aromatic carbocycles. The first kappa shape index (κ1) is 13.9. The van der Waals surface area contributed by atoms with E-state index in [0.29, 0.717) is 5.56 Å². The van der Waals surface area contributed by atoms with Crippen LogP contribution in [0.1, 0.15) is 36.5 Å². The van der Waals surface area contributed by atoms with Gasteiger partial charge >= 0.3 is 12.1 Å². The number of hydrogen-bond acceptors (Lipinski definition) is 1. The molecule has 0 aliphatic heterocycles. The van der Waals surface area contributed by atoms with Crippen LogP contribution in [0.2, 0.25) is 0 Å². The third-order valence-electron chi connectivity index (χ3n) is 4.02. The van der Waals surface area contributed by atoms with Gasteiger partial charge in [-0.25, -0.2) is 0 Å². The van der Waals surface area contributed by atoms with E-state index in [4.69, 9.17) is 5.11 Å². The fraction of sp³-hybridized carbons (Fsp3) is 0.500. The van der Waals surface area contributed by atoms with Gasteiger partial charge < -0.3 is 5.11 Å². The first-order chi connectivity index (χ1) is 8.56. The topological polar surface area (TPSA) is 37.3 Å². The number of rotatable bonds is 2. The zero-order valence-corrected chi connectivity index (χ0v) is 10.9. The standard InChI is InChI=1S/C14H15F3O2/c1-7-4-5-8(6-9(7)14(15,16)17)10-11(12(18)19)13(10,2)3/h4-6,10-11H,1-3H3,(H,18,19)/t10-,11+/m1/s1. The van der Waals surface area contributed by atoms with Crippen molar-refractivity contribution >= 4 is 5.97 Å². The maximum atomic E-state index is 12.8. The average Bonchev–Trinajstić information content (AvgIpc) is 2.80. The largest absolute Gasteiger partial charge is 0.481 e. The van der Waals surface area contributed by atoms with Gasteiger partial charge in [0.2, 0.25) is 0 Å². The summed E-state index contributed by atoms with van der Waals surface area (Å²) in [5, 5.41) is 9.08. The molecule has 19 heavy (non-hydrogen) atoms. The Kier molecular flexibility index (Phi) is 2.92. The molecule has 0 radical (unpaired) electrons. The van der Waals surface area contributed by atoms with Crippen LogP contribution in [-0.2, 0) is 11.0 Å². The molecular weight excluding hydrogens is 257 g/mol. The molecule has 5 heteroatoms. The Balaban J connectivity index is 2.42. The van der Waals surface area contributed by atoms with Gasteiger partial charge in [0.15, 0.2) is 0 Å². The molecule has 0 bridgehead atoms. The van der Waals surface area contributed by atoms with Crippen molar-refractivity contribution in [2.24, 2.45) is 11.3 Å². The normalized spacial score (nSPS) is 25.2. The molecule has 1 fully saturated rings. The smallest absolute Gasteiger partial charge is 0.416 e. The van der Waals surface area contributed by atoms with Gasteiger partial charge in [-0.15, -0.1) is 0 Å². The molecule has 2 rings (SSSR count). The maximum absolute atomic E-state index is 12.8. The van der Waals surface area contributed by atoms with Crippen molar-refractivity contribution in [3.05, 3.63) is 34.9 Å². The van der Waals surface area contributed by atoms with Gasteiger partial charge in [-0.3, -0.25) is 4.79 Å². The van der Waals surface area contributed by atoms with Crippen molar-refractivity contribution in [2.45, 2.75) is 32.9 Å². The van der Waals surface area contributed by atoms with E-state index < -0.39 is 29.0 Å². The second kappa shape index (κ2) is 3.99. The quantitative estimate of drug-likeness (QED) is 0.888. The predicted octanol–water partition coefficient (Wildman–Crippen LogP) is 3.84. The van der Waals surface area contributed by atoms with E-state index in [9.17, 15) is 18.0 Å². The first-order valence-electron chi connectivity index (χ1n) is 5.97. The third kappa shape index (κ3) is 2.22. The fourth-order valence-electron chi connectivity index (χ4n) is 2.86. The summed E-state index contributed by atoms with van der Waals surface area (Å²) < 4.78 is 38.5. The number of carboxylic acids is 1. The summed E-state index contributed by atoms with van der Waals surface area (Å²) in [5.74, 6) is -1.92. The number of carboxylic acid groups (broad SMARTS) is 1. The lowest BCUT2D eigenvalue weighted by Gasteiger charge is -2.12. The second-order valence-corrected chi connectivity index (χ2v) is 5.69. The molecule has 0 aromatic heterocycles. The fourth-order valence-corrected chi connectivity index (χ4v) is 2.86. The van der Waals surface area contributed by atoms with Gasteiger partial charge in [-0.1, -0.05) is 26.0 Å². The number of aryl methyl sites for hydroxylation is 1. The zero-order chi connectivity index (χ0) is 14.6. The Morgan fingerprint density at radius 1 is 1.32 bits per heavy atom. The Labute approximate surface area is 109 Å². The van der Waals surface area contributed by atoms with Gasteiger partial charge in [0.05, 0.1) is 11.5 Å². The van der Waals surface area contributed by atoms with Gasteiger partial charge in [0.25, 0.3) is 0 Å². The molecule has 1 saturated carbocycles. The number of alkyl halides is 3. The predicted molar refractivity (Wildman–Crippen MR) is 63.8 cm³/mol. The van der Waals surface area contributed by atoms with Gasteiger partial charge in [0.1, 0.15) is 0 Å². The highest BCUT2D eigenvalue weighted by Gasteiger charge is 2.62. The summed E-state index contributed by atoms with van der Waals surface area (Å²) in [5.41, 5.74) is -0.571. The molecule has 104 valence electrons. The maximum Gasteiger partial charge on any atom is 0.416 e. The summed E-state index contributed by atoms with van der Waals surface area (Å²) >= 11 is 0. The highest BCUT2D eigenvalue weighted by atomic mass is 19.4. The Hall–Kier alpha value is -1.52. The summed E-state index contributed by atoms with van der Waals surface area (Å²) in [6, 6.07) is 4.09. The molecule has 1 aromatic rings. The van der Waals surface area contributed by atoms with Crippen LogP contribution >= 0.6 is 0 Å². The minimum Gasteiger partial charge on any atom is -0.481 e. The van der Waals surface area contributed by atoms with E-state index in [1.54, 1.807) is 19.9 Å². The highest BCUT2D eigenvalue weighted by Crippen LogP contribution is 2.64. The molecule has 1 aliphatic carbocycles. The van der Waals surface area contributed by atoms with Crippen molar-refractivity contribution in [3.8, 4) is 0 Å². The van der Waals surface area contributed by atoms with E-state index >= 15 is 0 Å². The van der Waals surface area contributed by atoms with Crippen molar-refractivity contribution in [1.29, 1.82) is 0 Å². The minimum absolute atomic E-state index is 0.154. The highest BCUT2D eigenvalue weighted by molar-refractivity contribution is 5.77. The van der Waals surface area contributed by atoms with E-state index in [0.717, 1.165) is 6.07 Å². The Morgan fingerprint density at radius 3 is 2.32 bits per heavy atom. The lowest BCUT2D eigenvalue weighted by atomic mass is 9.98. The van der Waals surface area contributed by atoms with Crippen molar-refractivity contribution in [3.63, 3.8) is 0 Å². The van der Waals surface area contributed by atoms with Crippen LogP contribution in [0, 0.1) is 18.3 Å². The molecule has 0 unspecified atom stereocenters. The van der Waals surface area contributed by atoms with E-state index in [1.165, 1.54) is 13.0 Å². The van der Waals surface area contributed by atoms with E-state index in [2.05, 4.69) is 0 Å². The Bertz CT molecular complexity index is 532. The van der Waals surface area contributed by atoms with Crippen LogP contribution in [-0.4, -0.2) is 11.1 Å². The van der Waals surface area contributed by atoms with Crippen molar-refractivity contribution < 1.29 is 23.1 Å². The molecule has 0 spiro atoms. The minimum atomic E-state index is -4.40. The lowest BCUT2D eigenvalue weighted by Crippen LogP contribution is -2.08. The molecule has 0 heterocycles. The number of halogens is 3. The molecule has 1 aliphatic rings. The number of hydrogen-bond donors (Lipinski definition) is 1. The molecular formula is C14H15F3O2. The van der Waals surface area contributed by atoms with Crippen molar-refractivity contribution in [1.82, 2.24) is 0 Å². The summed E-state index contributed by atoms with van der Waals surface area (Å²) in [7, 11) is 0. The zero-order valence-electron chi connectivity index (χ0n) is 10.9. The lowest BCUT2D eigenvalue weighted by molar-refractivity contribution is -0.139. The van der Waals surface area contributed by atoms with Crippen LogP contribution in [0.25, 0.3) is 0 Å². The monoisotopic (exact) mass is 272 g/mol. The number of benzene rings is 1. The van der Waals surface area contributed by atoms with E-state index in [-0.39, 0.29) is 11.5 Å². The summed E-state index contributed by atoms with van der Waals surface area (Å²) in [6.45, 7) is 4.94. The van der Waals surface area contributed by atoms with Gasteiger partial charge in [-0.05, 0) is 29.5 Å². The van der Waals surface area contributed by atoms with Crippen molar-refractivity contribution in [2.75, 3.05) is 0 Å². The average molecular weight is 272 g/mol. The summed E-state index contributed by atoms with van der Waals surface area (Å²) in [4.78, 5) is 11.1. The molecule has 1 N–H and O–H groups in total. The van der Waals surface area contributed by atoms with Gasteiger partial charge in [-0.2, -0.15) is 13.2 Å². The Morgan fingerprint density at radius 2 is 1.89 bits per heavy atom. The summed E-state index contributed by atoms with van der Waals surface area (Å²) in [6.07, 6.45) is -4.40. The molecule has 0 saturated heterocycles. The molecule has 2 atom stereocenters. The van der Waals surface area contributed by atoms with Gasteiger partial charge in [0, 0.05) is 5.92 Å². The first-order valence-corrected chi connectivity index (χ1v) is 5.97. The number of aliphatic carboxylic acids is 1. The number of carbonyl (C=O) groups is 1. The van der Waals surface area contributed by atoms with E-state index in [1.807, 2.05) is 0 Å². The third-order valence-corrected chi connectivity index (χ3v) is 4.02. The molecule has 0 amide bonds. The second-order valence-electron chi connectivity index (χ2n) is 5.69. The van der Waals surface area contributed by atoms with Crippen LogP contribution in [0.5, 0.6) is 0 Å². The van der Waals surface area contributed by atoms with Crippen LogP contribution in [0.3, 0.4) is 0 Å². The van der Waals surface area contributed by atoms with Crippen LogP contribution in [0.4, 0.5) is 13.2 Å². The SMILES string of the molecule is Cc1ccc([C@@H]2[C@@H](C(=O)O)C2(C)C)cc1C(F)(F)F. The van der Waals surface area contributed by atoms with Crippen LogP contribution < -0.4 is 0 Å². The molecule has 2 nitrogen and oxygen atoms in total. The van der Waals surface area contributed by atoms with Crippen LogP contribution in [0.15, 0.2) is 18.2 Å².